The fourth-order valence-corrected chi connectivity index (χ4v) is 2.42. The third-order valence-electron chi connectivity index (χ3n) is 2.45. The molecule has 9 heteroatoms. The Balaban J connectivity index is 4.14. The van der Waals surface area contributed by atoms with Crippen molar-refractivity contribution in [1.29, 1.82) is 0 Å². The maximum atomic E-state index is 11.6. The Morgan fingerprint density at radius 2 is 2.06 bits per heavy atom. The highest BCUT2D eigenvalue weighted by atomic mass is 32.2. The molecule has 0 aliphatic rings. The minimum absolute atomic E-state index is 0.0834. The van der Waals surface area contributed by atoms with Crippen LogP contribution in [0.15, 0.2) is 0 Å². The summed E-state index contributed by atoms with van der Waals surface area (Å²) in [5, 5.41) is 8.38. The van der Waals surface area contributed by atoms with Crippen LogP contribution >= 0.6 is 0 Å². The highest BCUT2D eigenvalue weighted by Gasteiger charge is 2.18. The molecule has 0 aromatic carbocycles. The van der Waals surface area contributed by atoms with Crippen molar-refractivity contribution in [3.05, 3.63) is 0 Å². The van der Waals surface area contributed by atoms with Crippen molar-refractivity contribution >= 4 is 27.0 Å². The summed E-state index contributed by atoms with van der Waals surface area (Å²) >= 11 is 0. The van der Waals surface area contributed by atoms with Gasteiger partial charge in [0.05, 0.1) is 6.42 Å². The van der Waals surface area contributed by atoms with Crippen LogP contribution in [-0.4, -0.2) is 59.7 Å². The number of carbonyl (C=O) groups is 1. The van der Waals surface area contributed by atoms with E-state index in [1.54, 1.807) is 13.2 Å². The number of rotatable bonds is 9. The van der Waals surface area contributed by atoms with Gasteiger partial charge in [0.15, 0.2) is 0 Å². The van der Waals surface area contributed by atoms with E-state index in [0.29, 0.717) is 6.42 Å². The monoisotopic (exact) mass is 300 g/mol. The second-order valence-corrected chi connectivity index (χ2v) is 7.63. The first-order valence-electron chi connectivity index (χ1n) is 5.41. The fourth-order valence-electron chi connectivity index (χ4n) is 1.04. The molecule has 2 unspecified atom stereocenters. The van der Waals surface area contributed by atoms with Crippen molar-refractivity contribution < 1.29 is 22.5 Å². The summed E-state index contributed by atoms with van der Waals surface area (Å²) in [5.41, 5.74) is 0. The average Bonchev–Trinajstić information content (AvgIpc) is 2.24. The van der Waals surface area contributed by atoms with E-state index in [-0.39, 0.29) is 24.8 Å². The van der Waals surface area contributed by atoms with Crippen molar-refractivity contribution in [2.75, 3.05) is 26.4 Å². The molecule has 0 aromatic heterocycles. The quantitative estimate of drug-likeness (QED) is 0.591. The van der Waals surface area contributed by atoms with E-state index in [2.05, 4.69) is 4.72 Å². The molecule has 0 heterocycles. The number of hydrogen-bond donors (Lipinski definition) is 2. The van der Waals surface area contributed by atoms with Gasteiger partial charge in [-0.25, -0.2) is 4.72 Å². The standard InChI is InChI=1S/C9H20N2O5S2/c1-8(17(3)14)4-6-10-18(15,16)11(2)7-5-9(12)13/h8,10H,4-7H2,1-3H3,(H,12,13). The molecule has 0 saturated heterocycles. The Morgan fingerprint density at radius 1 is 1.50 bits per heavy atom. The molecule has 0 aromatic rings. The fraction of sp³-hybridized carbons (Fsp3) is 0.889. The van der Waals surface area contributed by atoms with Crippen LogP contribution in [0, 0.1) is 0 Å². The predicted octanol–water partition coefficient (Wildman–Crippen LogP) is -0.616. The third-order valence-corrected chi connectivity index (χ3v) is 5.39. The lowest BCUT2D eigenvalue weighted by Crippen LogP contribution is -2.40. The zero-order valence-corrected chi connectivity index (χ0v) is 12.4. The largest absolute Gasteiger partial charge is 0.481 e. The molecule has 108 valence electrons. The summed E-state index contributed by atoms with van der Waals surface area (Å²) in [4.78, 5) is 10.3. The van der Waals surface area contributed by atoms with Crippen molar-refractivity contribution in [3.8, 4) is 0 Å². The van der Waals surface area contributed by atoms with E-state index in [4.69, 9.17) is 5.11 Å². The van der Waals surface area contributed by atoms with E-state index >= 15 is 0 Å². The van der Waals surface area contributed by atoms with Gasteiger partial charge in [-0.2, -0.15) is 12.7 Å². The van der Waals surface area contributed by atoms with Crippen LogP contribution in [0.3, 0.4) is 0 Å². The molecule has 0 bridgehead atoms. The van der Waals surface area contributed by atoms with Gasteiger partial charge in [0.2, 0.25) is 0 Å². The normalized spacial score (nSPS) is 15.6. The first-order valence-corrected chi connectivity index (χ1v) is 8.48. The zero-order chi connectivity index (χ0) is 14.3. The Kier molecular flexibility index (Phi) is 7.60. The molecule has 0 saturated carbocycles. The van der Waals surface area contributed by atoms with Crippen LogP contribution in [0.5, 0.6) is 0 Å². The summed E-state index contributed by atoms with van der Waals surface area (Å²) in [7, 11) is -3.33. The first-order chi connectivity index (χ1) is 8.16. The van der Waals surface area contributed by atoms with Crippen molar-refractivity contribution in [2.24, 2.45) is 0 Å². The van der Waals surface area contributed by atoms with E-state index in [0.717, 1.165) is 4.31 Å². The second kappa shape index (κ2) is 7.82. The smallest absolute Gasteiger partial charge is 0.304 e. The van der Waals surface area contributed by atoms with E-state index in [1.165, 1.54) is 7.05 Å². The van der Waals surface area contributed by atoms with Gasteiger partial charge in [-0.1, -0.05) is 6.92 Å². The minimum atomic E-state index is -3.66. The van der Waals surface area contributed by atoms with Crippen molar-refractivity contribution in [2.45, 2.75) is 25.0 Å². The molecule has 0 amide bonds. The lowest BCUT2D eigenvalue weighted by atomic mass is 10.3. The van der Waals surface area contributed by atoms with Gasteiger partial charge in [0, 0.05) is 42.4 Å². The minimum Gasteiger partial charge on any atom is -0.481 e. The number of aliphatic carboxylic acids is 1. The topological polar surface area (TPSA) is 104 Å². The Morgan fingerprint density at radius 3 is 2.50 bits per heavy atom. The molecule has 7 nitrogen and oxygen atoms in total. The first kappa shape index (κ1) is 17.5. The molecule has 0 aliphatic carbocycles. The highest BCUT2D eigenvalue weighted by molar-refractivity contribution is 7.87. The maximum absolute atomic E-state index is 11.6. The van der Waals surface area contributed by atoms with Gasteiger partial charge < -0.3 is 5.11 Å². The number of nitrogens with zero attached hydrogens (tertiary/aromatic N) is 1. The van der Waals surface area contributed by atoms with Crippen LogP contribution in [0.4, 0.5) is 0 Å². The molecular weight excluding hydrogens is 280 g/mol. The summed E-state index contributed by atoms with van der Waals surface area (Å²) < 4.78 is 37.6. The Hall–Kier alpha value is -0.510. The number of carboxylic acid groups (broad SMARTS) is 1. The highest BCUT2D eigenvalue weighted by Crippen LogP contribution is 2.00. The van der Waals surface area contributed by atoms with Crippen LogP contribution in [0.1, 0.15) is 19.8 Å². The summed E-state index contributed by atoms with van der Waals surface area (Å²) in [6.45, 7) is 1.87. The van der Waals surface area contributed by atoms with Crippen molar-refractivity contribution in [3.63, 3.8) is 0 Å². The van der Waals surface area contributed by atoms with Gasteiger partial charge in [-0.15, -0.1) is 0 Å². The molecule has 0 radical (unpaired) electrons. The predicted molar refractivity (Wildman–Crippen MR) is 70.0 cm³/mol. The molecule has 0 fully saturated rings. The van der Waals surface area contributed by atoms with Crippen molar-refractivity contribution in [1.82, 2.24) is 9.03 Å². The number of nitrogens with one attached hydrogen (secondary N) is 1. The molecule has 0 rings (SSSR count). The molecule has 2 atom stereocenters. The molecule has 0 spiro atoms. The zero-order valence-electron chi connectivity index (χ0n) is 10.7. The van der Waals surface area contributed by atoms with Crippen LogP contribution in [0.25, 0.3) is 0 Å². The van der Waals surface area contributed by atoms with Crippen LogP contribution in [0.2, 0.25) is 0 Å². The van der Waals surface area contributed by atoms with Gasteiger partial charge in [-0.3, -0.25) is 9.00 Å². The number of carboxylic acids is 1. The summed E-state index contributed by atoms with van der Waals surface area (Å²) in [6, 6.07) is 0. The molecule has 2 N–H and O–H groups in total. The van der Waals surface area contributed by atoms with E-state index in [1.807, 2.05) is 0 Å². The lowest BCUT2D eigenvalue weighted by molar-refractivity contribution is -0.137. The van der Waals surface area contributed by atoms with Gasteiger partial charge in [-0.05, 0) is 6.42 Å². The molecule has 18 heavy (non-hydrogen) atoms. The summed E-state index contributed by atoms with van der Waals surface area (Å²) in [5.74, 6) is -1.05. The van der Waals surface area contributed by atoms with Crippen LogP contribution in [-0.2, 0) is 25.8 Å². The number of hydrogen-bond acceptors (Lipinski definition) is 4. The SMILES string of the molecule is CC(CCNS(=O)(=O)N(C)CCC(=O)O)S(C)=O. The van der Waals surface area contributed by atoms with Gasteiger partial charge in [0.1, 0.15) is 0 Å². The van der Waals surface area contributed by atoms with Gasteiger partial charge in [0.25, 0.3) is 10.2 Å². The molecular formula is C9H20N2O5S2. The third kappa shape index (κ3) is 7.04. The average molecular weight is 300 g/mol. The summed E-state index contributed by atoms with van der Waals surface area (Å²) in [6.07, 6.45) is 1.79. The maximum Gasteiger partial charge on any atom is 0.304 e. The van der Waals surface area contributed by atoms with Gasteiger partial charge >= 0.3 is 5.97 Å². The second-order valence-electron chi connectivity index (χ2n) is 3.96. The molecule has 0 aliphatic heterocycles. The van der Waals surface area contributed by atoms with Crippen LogP contribution < -0.4 is 4.72 Å². The lowest BCUT2D eigenvalue weighted by Gasteiger charge is -2.17. The Labute approximate surface area is 110 Å². The van der Waals surface area contributed by atoms with E-state index in [9.17, 15) is 17.4 Å². The Bertz CT molecular complexity index is 396. The van der Waals surface area contributed by atoms with E-state index < -0.39 is 27.0 Å².